The molecule has 1 aliphatic carbocycles. The summed E-state index contributed by atoms with van der Waals surface area (Å²) in [5.41, 5.74) is 0. The Hall–Kier alpha value is 0.480. The summed E-state index contributed by atoms with van der Waals surface area (Å²) in [6, 6.07) is 0. The molecule has 0 aromatic heterocycles. The van der Waals surface area contributed by atoms with E-state index in [0.29, 0.717) is 0 Å². The first kappa shape index (κ1) is 11.6. The van der Waals surface area contributed by atoms with Crippen molar-refractivity contribution in [2.45, 2.75) is 52.4 Å². The van der Waals surface area contributed by atoms with E-state index in [2.05, 4.69) is 29.8 Å². The molecule has 0 amide bonds. The smallest absolute Gasteiger partial charge is 0.00571 e. The first-order chi connectivity index (χ1) is 6.26. The van der Waals surface area contributed by atoms with Crippen LogP contribution in [0.3, 0.4) is 0 Å². The second-order valence-corrected chi connectivity index (χ2v) is 5.45. The van der Waals surface area contributed by atoms with E-state index in [4.69, 9.17) is 0 Å². The lowest BCUT2D eigenvalue weighted by Gasteiger charge is -2.29. The van der Waals surface area contributed by atoms with Crippen LogP contribution in [-0.2, 0) is 0 Å². The van der Waals surface area contributed by atoms with Crippen LogP contribution in [0, 0.1) is 17.8 Å². The first-order valence-corrected chi connectivity index (χ1v) is 6.94. The summed E-state index contributed by atoms with van der Waals surface area (Å²) in [7, 11) is 0. The SMILES string of the molecule is CCC1CCCC(CC(C)CBr)C1. The summed E-state index contributed by atoms with van der Waals surface area (Å²) in [4.78, 5) is 0. The summed E-state index contributed by atoms with van der Waals surface area (Å²) < 4.78 is 0. The third-order valence-electron chi connectivity index (χ3n) is 3.47. The molecular weight excluding hydrogens is 224 g/mol. The summed E-state index contributed by atoms with van der Waals surface area (Å²) in [5.74, 6) is 2.95. The highest BCUT2D eigenvalue weighted by Crippen LogP contribution is 2.34. The van der Waals surface area contributed by atoms with Gasteiger partial charge in [-0.2, -0.15) is 0 Å². The lowest BCUT2D eigenvalue weighted by Crippen LogP contribution is -2.17. The highest BCUT2D eigenvalue weighted by Gasteiger charge is 2.21. The number of hydrogen-bond acceptors (Lipinski definition) is 0. The monoisotopic (exact) mass is 246 g/mol. The van der Waals surface area contributed by atoms with E-state index >= 15 is 0 Å². The standard InChI is InChI=1S/C12H23Br/c1-3-11-5-4-6-12(8-11)7-10(2)9-13/h10-12H,3-9H2,1-2H3. The van der Waals surface area contributed by atoms with Crippen LogP contribution in [0.5, 0.6) is 0 Å². The van der Waals surface area contributed by atoms with Crippen LogP contribution in [0.25, 0.3) is 0 Å². The van der Waals surface area contributed by atoms with Crippen molar-refractivity contribution in [2.24, 2.45) is 17.8 Å². The van der Waals surface area contributed by atoms with E-state index < -0.39 is 0 Å². The zero-order chi connectivity index (χ0) is 9.68. The molecule has 0 aromatic carbocycles. The molecule has 1 saturated carbocycles. The molecule has 0 aliphatic heterocycles. The fraction of sp³-hybridized carbons (Fsp3) is 1.00. The Morgan fingerprint density at radius 2 is 2.00 bits per heavy atom. The Labute approximate surface area is 91.6 Å². The zero-order valence-corrected chi connectivity index (χ0v) is 10.6. The van der Waals surface area contributed by atoms with Gasteiger partial charge in [-0.15, -0.1) is 0 Å². The Balaban J connectivity index is 2.25. The maximum absolute atomic E-state index is 3.57. The third-order valence-corrected chi connectivity index (χ3v) is 4.57. The van der Waals surface area contributed by atoms with Gasteiger partial charge >= 0.3 is 0 Å². The van der Waals surface area contributed by atoms with Crippen LogP contribution in [0.2, 0.25) is 0 Å². The minimum Gasteiger partial charge on any atom is -0.0925 e. The van der Waals surface area contributed by atoms with Crippen molar-refractivity contribution in [3.05, 3.63) is 0 Å². The first-order valence-electron chi connectivity index (χ1n) is 5.82. The molecule has 3 atom stereocenters. The molecule has 0 heterocycles. The van der Waals surface area contributed by atoms with Crippen LogP contribution >= 0.6 is 15.9 Å². The summed E-state index contributed by atoms with van der Waals surface area (Å²) >= 11 is 3.57. The fourth-order valence-corrected chi connectivity index (χ4v) is 2.88. The van der Waals surface area contributed by atoms with Gasteiger partial charge in [-0.1, -0.05) is 55.5 Å². The molecule has 3 unspecified atom stereocenters. The Kier molecular flexibility index (Phi) is 5.38. The molecule has 1 heteroatoms. The van der Waals surface area contributed by atoms with Gasteiger partial charge in [-0.25, -0.2) is 0 Å². The molecule has 0 nitrogen and oxygen atoms in total. The Morgan fingerprint density at radius 1 is 1.31 bits per heavy atom. The van der Waals surface area contributed by atoms with Crippen LogP contribution in [0.4, 0.5) is 0 Å². The van der Waals surface area contributed by atoms with Gasteiger partial charge in [-0.05, 0) is 30.6 Å². The lowest BCUT2D eigenvalue weighted by atomic mass is 9.77. The predicted molar refractivity (Wildman–Crippen MR) is 63.3 cm³/mol. The largest absolute Gasteiger partial charge is 0.0925 e. The van der Waals surface area contributed by atoms with E-state index in [1.807, 2.05) is 0 Å². The van der Waals surface area contributed by atoms with Crippen LogP contribution < -0.4 is 0 Å². The number of halogens is 1. The maximum Gasteiger partial charge on any atom is 0.00571 e. The highest BCUT2D eigenvalue weighted by atomic mass is 79.9. The van der Waals surface area contributed by atoms with Gasteiger partial charge in [0.25, 0.3) is 0 Å². The van der Waals surface area contributed by atoms with Crippen molar-refractivity contribution in [3.63, 3.8) is 0 Å². The van der Waals surface area contributed by atoms with E-state index in [1.165, 1.54) is 43.9 Å². The van der Waals surface area contributed by atoms with E-state index in [9.17, 15) is 0 Å². The highest BCUT2D eigenvalue weighted by molar-refractivity contribution is 9.09. The van der Waals surface area contributed by atoms with Crippen LogP contribution in [0.1, 0.15) is 52.4 Å². The maximum atomic E-state index is 3.57. The minimum absolute atomic E-state index is 0.876. The molecule has 1 rings (SSSR count). The molecule has 1 fully saturated rings. The minimum atomic E-state index is 0.876. The van der Waals surface area contributed by atoms with Gasteiger partial charge in [0.05, 0.1) is 0 Å². The Bertz CT molecular complexity index is 131. The normalized spacial score (nSPS) is 31.6. The second kappa shape index (κ2) is 6.06. The van der Waals surface area contributed by atoms with Crippen molar-refractivity contribution < 1.29 is 0 Å². The van der Waals surface area contributed by atoms with Crippen molar-refractivity contribution in [2.75, 3.05) is 5.33 Å². The van der Waals surface area contributed by atoms with Crippen LogP contribution in [-0.4, -0.2) is 5.33 Å². The molecule has 0 saturated heterocycles. The second-order valence-electron chi connectivity index (χ2n) is 4.80. The number of rotatable bonds is 4. The summed E-state index contributed by atoms with van der Waals surface area (Å²) in [5, 5.41) is 1.18. The molecular formula is C12H23Br. The molecule has 1 aliphatic rings. The molecule has 0 aromatic rings. The van der Waals surface area contributed by atoms with Gasteiger partial charge in [0, 0.05) is 5.33 Å². The molecule has 0 bridgehead atoms. The quantitative estimate of drug-likeness (QED) is 0.635. The molecule has 0 spiro atoms. The van der Waals surface area contributed by atoms with Gasteiger partial charge in [-0.3, -0.25) is 0 Å². The zero-order valence-electron chi connectivity index (χ0n) is 9.06. The molecule has 0 N–H and O–H groups in total. The molecule has 0 radical (unpaired) electrons. The van der Waals surface area contributed by atoms with Gasteiger partial charge < -0.3 is 0 Å². The number of hydrogen-bond donors (Lipinski definition) is 0. The van der Waals surface area contributed by atoms with E-state index in [-0.39, 0.29) is 0 Å². The number of alkyl halides is 1. The summed E-state index contributed by atoms with van der Waals surface area (Å²) in [6.45, 7) is 4.71. The molecule has 13 heavy (non-hydrogen) atoms. The average molecular weight is 247 g/mol. The predicted octanol–water partition coefficient (Wildman–Crippen LogP) is 4.62. The van der Waals surface area contributed by atoms with Crippen molar-refractivity contribution in [3.8, 4) is 0 Å². The average Bonchev–Trinajstić information content (AvgIpc) is 2.18. The fourth-order valence-electron chi connectivity index (χ4n) is 2.62. The molecule has 78 valence electrons. The van der Waals surface area contributed by atoms with E-state index in [1.54, 1.807) is 0 Å². The van der Waals surface area contributed by atoms with Crippen molar-refractivity contribution in [1.29, 1.82) is 0 Å². The van der Waals surface area contributed by atoms with Gasteiger partial charge in [0.2, 0.25) is 0 Å². The topological polar surface area (TPSA) is 0 Å². The van der Waals surface area contributed by atoms with Crippen molar-refractivity contribution in [1.82, 2.24) is 0 Å². The Morgan fingerprint density at radius 3 is 2.62 bits per heavy atom. The van der Waals surface area contributed by atoms with E-state index in [0.717, 1.165) is 17.8 Å². The van der Waals surface area contributed by atoms with Gasteiger partial charge in [0.1, 0.15) is 0 Å². The lowest BCUT2D eigenvalue weighted by molar-refractivity contribution is 0.233. The van der Waals surface area contributed by atoms with Crippen molar-refractivity contribution >= 4 is 15.9 Å². The third kappa shape index (κ3) is 4.01. The van der Waals surface area contributed by atoms with Crippen LogP contribution in [0.15, 0.2) is 0 Å². The van der Waals surface area contributed by atoms with Gasteiger partial charge in [0.15, 0.2) is 0 Å². The summed E-state index contributed by atoms with van der Waals surface area (Å²) in [6.07, 6.45) is 8.83.